The molecule has 0 spiro atoms. The van der Waals surface area contributed by atoms with E-state index in [4.69, 9.17) is 0 Å². The van der Waals surface area contributed by atoms with Gasteiger partial charge in [-0.25, -0.2) is 0 Å². The van der Waals surface area contributed by atoms with E-state index in [9.17, 15) is 4.79 Å². The highest BCUT2D eigenvalue weighted by Crippen LogP contribution is 2.58. The highest BCUT2D eigenvalue weighted by atomic mass is 16.1. The summed E-state index contributed by atoms with van der Waals surface area (Å²) >= 11 is 0. The number of aldehydes is 1. The first-order valence-electron chi connectivity index (χ1n) is 10.4. The predicted molar refractivity (Wildman–Crippen MR) is 113 cm³/mol. The summed E-state index contributed by atoms with van der Waals surface area (Å²) < 4.78 is 0. The lowest BCUT2D eigenvalue weighted by Crippen LogP contribution is -2.11. The maximum Gasteiger partial charge on any atom is 0.119 e. The van der Waals surface area contributed by atoms with Crippen molar-refractivity contribution in [3.8, 4) is 11.8 Å². The van der Waals surface area contributed by atoms with Crippen molar-refractivity contribution in [2.75, 3.05) is 0 Å². The summed E-state index contributed by atoms with van der Waals surface area (Å²) in [6.07, 6.45) is 11.1. The Hall–Kier alpha value is -2.33. The molecule has 0 radical (unpaired) electrons. The quantitative estimate of drug-likeness (QED) is 0.276. The van der Waals surface area contributed by atoms with E-state index in [2.05, 4.69) is 72.5 Å². The average Bonchev–Trinajstić information content (AvgIpc) is 3.46. The molecule has 1 aliphatic rings. The molecule has 0 aliphatic heterocycles. The minimum atomic E-state index is 0.0914. The first kappa shape index (κ1) is 19.4. The van der Waals surface area contributed by atoms with Crippen LogP contribution in [-0.2, 0) is 10.2 Å². The van der Waals surface area contributed by atoms with E-state index in [-0.39, 0.29) is 5.41 Å². The Morgan fingerprint density at radius 1 is 0.815 bits per heavy atom. The van der Waals surface area contributed by atoms with Crippen LogP contribution in [-0.4, -0.2) is 6.29 Å². The Morgan fingerprint density at radius 2 is 1.37 bits per heavy atom. The maximum atomic E-state index is 10.3. The largest absolute Gasteiger partial charge is 0.303 e. The fourth-order valence-corrected chi connectivity index (χ4v) is 4.06. The third-order valence-corrected chi connectivity index (χ3v) is 5.69. The van der Waals surface area contributed by atoms with E-state index in [1.54, 1.807) is 0 Å². The molecule has 0 aromatic heterocycles. The van der Waals surface area contributed by atoms with Crippen molar-refractivity contribution in [3.05, 3.63) is 71.8 Å². The number of carbonyl (C=O) groups is 1. The zero-order chi connectivity index (χ0) is 18.8. The van der Waals surface area contributed by atoms with Gasteiger partial charge in [-0.15, -0.1) is 5.92 Å². The van der Waals surface area contributed by atoms with Gasteiger partial charge in [0.2, 0.25) is 0 Å². The third kappa shape index (κ3) is 5.10. The summed E-state index contributed by atoms with van der Waals surface area (Å²) in [6, 6.07) is 21.7. The molecule has 2 aromatic carbocycles. The van der Waals surface area contributed by atoms with Gasteiger partial charge in [0.05, 0.1) is 0 Å². The summed E-state index contributed by atoms with van der Waals surface area (Å²) in [5.74, 6) is 7.47. The van der Waals surface area contributed by atoms with Gasteiger partial charge in [-0.1, -0.05) is 92.3 Å². The van der Waals surface area contributed by atoms with E-state index in [1.807, 2.05) is 0 Å². The smallest absolute Gasteiger partial charge is 0.119 e. The summed E-state index contributed by atoms with van der Waals surface area (Å²) in [5, 5.41) is 0. The summed E-state index contributed by atoms with van der Waals surface area (Å²) in [7, 11) is 0. The second-order valence-electron chi connectivity index (χ2n) is 7.61. The van der Waals surface area contributed by atoms with E-state index in [0.29, 0.717) is 5.92 Å². The summed E-state index contributed by atoms with van der Waals surface area (Å²) in [4.78, 5) is 10.3. The Bertz CT molecular complexity index is 712. The summed E-state index contributed by atoms with van der Waals surface area (Å²) in [6.45, 7) is 0. The van der Waals surface area contributed by atoms with Gasteiger partial charge in [-0.05, 0) is 30.4 Å². The van der Waals surface area contributed by atoms with Gasteiger partial charge in [0.25, 0.3) is 0 Å². The van der Waals surface area contributed by atoms with Gasteiger partial charge in [0, 0.05) is 24.2 Å². The lowest BCUT2D eigenvalue weighted by Gasteiger charge is -2.17. The third-order valence-electron chi connectivity index (χ3n) is 5.69. The first-order chi connectivity index (χ1) is 13.4. The first-order valence-corrected chi connectivity index (χ1v) is 10.4. The minimum absolute atomic E-state index is 0.0914. The van der Waals surface area contributed by atoms with Crippen LogP contribution in [0.2, 0.25) is 0 Å². The van der Waals surface area contributed by atoms with Crippen molar-refractivity contribution < 1.29 is 4.79 Å². The second kappa shape index (κ2) is 10.1. The van der Waals surface area contributed by atoms with Crippen molar-refractivity contribution in [1.29, 1.82) is 0 Å². The highest BCUT2D eigenvalue weighted by Gasteiger charge is 2.55. The topological polar surface area (TPSA) is 17.1 Å². The number of benzene rings is 2. The van der Waals surface area contributed by atoms with Crippen LogP contribution in [0.25, 0.3) is 0 Å². The molecule has 140 valence electrons. The molecule has 1 saturated carbocycles. The highest BCUT2D eigenvalue weighted by molar-refractivity contribution is 5.50. The molecule has 1 aliphatic carbocycles. The van der Waals surface area contributed by atoms with Gasteiger partial charge in [0.15, 0.2) is 0 Å². The van der Waals surface area contributed by atoms with Crippen LogP contribution in [0.1, 0.15) is 68.9 Å². The Labute approximate surface area is 164 Å². The molecule has 0 saturated heterocycles. The summed E-state index contributed by atoms with van der Waals surface area (Å²) in [5.41, 5.74) is 2.88. The van der Waals surface area contributed by atoms with Crippen LogP contribution in [0.15, 0.2) is 60.7 Å². The molecule has 1 atom stereocenters. The van der Waals surface area contributed by atoms with Crippen molar-refractivity contribution in [3.63, 3.8) is 0 Å². The molecule has 0 bridgehead atoms. The SMILES string of the molecule is O=CCCCCCCCCC#CC1CC1(c1ccccc1)c1ccccc1. The van der Waals surface area contributed by atoms with Crippen LogP contribution in [0, 0.1) is 17.8 Å². The number of carbonyl (C=O) groups excluding carboxylic acids is 1. The molecular formula is C26H30O. The van der Waals surface area contributed by atoms with Crippen molar-refractivity contribution in [2.45, 2.75) is 63.2 Å². The molecule has 1 nitrogen and oxygen atoms in total. The second-order valence-corrected chi connectivity index (χ2v) is 7.61. The standard InChI is InChI=1S/C26H30O/c27-21-15-7-5-3-1-2-4-6-10-20-25-22-26(25,23-16-11-8-12-17-23)24-18-13-9-14-19-24/h8-9,11-14,16-19,21,25H,1-7,15,22H2. The molecule has 1 heteroatoms. The molecule has 1 fully saturated rings. The average molecular weight is 359 g/mol. The monoisotopic (exact) mass is 358 g/mol. The zero-order valence-corrected chi connectivity index (χ0v) is 16.2. The van der Waals surface area contributed by atoms with Crippen molar-refractivity contribution in [1.82, 2.24) is 0 Å². The van der Waals surface area contributed by atoms with Gasteiger partial charge in [-0.2, -0.15) is 0 Å². The number of hydrogen-bond acceptors (Lipinski definition) is 1. The Morgan fingerprint density at radius 3 is 1.96 bits per heavy atom. The molecule has 1 unspecified atom stereocenters. The van der Waals surface area contributed by atoms with Gasteiger partial charge in [-0.3, -0.25) is 0 Å². The fraction of sp³-hybridized carbons (Fsp3) is 0.423. The lowest BCUT2D eigenvalue weighted by molar-refractivity contribution is -0.107. The Balaban J connectivity index is 1.50. The lowest BCUT2D eigenvalue weighted by atomic mass is 9.86. The van der Waals surface area contributed by atoms with Crippen molar-refractivity contribution in [2.24, 2.45) is 5.92 Å². The Kier molecular flexibility index (Phi) is 7.28. The molecule has 0 N–H and O–H groups in total. The van der Waals surface area contributed by atoms with Gasteiger partial charge >= 0.3 is 0 Å². The van der Waals surface area contributed by atoms with Crippen LogP contribution >= 0.6 is 0 Å². The van der Waals surface area contributed by atoms with Crippen LogP contribution in [0.5, 0.6) is 0 Å². The van der Waals surface area contributed by atoms with Gasteiger partial charge in [0.1, 0.15) is 6.29 Å². The zero-order valence-electron chi connectivity index (χ0n) is 16.2. The van der Waals surface area contributed by atoms with Crippen LogP contribution in [0.4, 0.5) is 0 Å². The maximum absolute atomic E-state index is 10.3. The van der Waals surface area contributed by atoms with Gasteiger partial charge < -0.3 is 4.79 Å². The minimum Gasteiger partial charge on any atom is -0.303 e. The molecule has 3 rings (SSSR count). The predicted octanol–water partition coefficient (Wildman–Crippen LogP) is 6.32. The number of hydrogen-bond donors (Lipinski definition) is 0. The van der Waals surface area contributed by atoms with Crippen LogP contribution in [0.3, 0.4) is 0 Å². The van der Waals surface area contributed by atoms with E-state index < -0.39 is 0 Å². The van der Waals surface area contributed by atoms with Crippen LogP contribution < -0.4 is 0 Å². The van der Waals surface area contributed by atoms with Crippen molar-refractivity contribution >= 4 is 6.29 Å². The fourth-order valence-electron chi connectivity index (χ4n) is 4.06. The van der Waals surface area contributed by atoms with E-state index in [1.165, 1.54) is 43.2 Å². The normalized spacial score (nSPS) is 17.0. The molecule has 27 heavy (non-hydrogen) atoms. The van der Waals surface area contributed by atoms with E-state index >= 15 is 0 Å². The molecule has 0 heterocycles. The van der Waals surface area contributed by atoms with E-state index in [0.717, 1.165) is 32.0 Å². The molecular weight excluding hydrogens is 328 g/mol. The number of unbranched alkanes of at least 4 members (excludes halogenated alkanes) is 7. The molecule has 2 aromatic rings. The molecule has 0 amide bonds. The number of rotatable bonds is 10.